The fourth-order valence-electron chi connectivity index (χ4n) is 2.17. The SMILES string of the molecule is Cc1c(C(=O)NC2CC2)c(=O)[nH]c2ccccc12. The second kappa shape index (κ2) is 3.98. The maximum absolute atomic E-state index is 12.0. The summed E-state index contributed by atoms with van der Waals surface area (Å²) in [4.78, 5) is 26.8. The number of carbonyl (C=O) groups is 1. The average molecular weight is 242 g/mol. The number of pyridine rings is 1. The van der Waals surface area contributed by atoms with Gasteiger partial charge in [0, 0.05) is 16.9 Å². The molecule has 1 aromatic heterocycles. The molecule has 1 heterocycles. The van der Waals surface area contributed by atoms with E-state index in [0.29, 0.717) is 0 Å². The van der Waals surface area contributed by atoms with Crippen molar-refractivity contribution in [3.63, 3.8) is 0 Å². The molecule has 1 fully saturated rings. The van der Waals surface area contributed by atoms with E-state index in [9.17, 15) is 9.59 Å². The standard InChI is InChI=1S/C14H14N2O2/c1-8-10-4-2-3-5-11(10)16-14(18)12(8)13(17)15-9-6-7-9/h2-5,9H,6-7H2,1H3,(H,15,17)(H,16,18). The van der Waals surface area contributed by atoms with Gasteiger partial charge in [-0.2, -0.15) is 0 Å². The van der Waals surface area contributed by atoms with Crippen LogP contribution < -0.4 is 10.9 Å². The molecule has 4 nitrogen and oxygen atoms in total. The number of H-pyrrole nitrogens is 1. The zero-order valence-corrected chi connectivity index (χ0v) is 10.1. The molecule has 1 aromatic carbocycles. The molecule has 3 rings (SSSR count). The smallest absolute Gasteiger partial charge is 0.261 e. The monoisotopic (exact) mass is 242 g/mol. The number of amides is 1. The van der Waals surface area contributed by atoms with Gasteiger partial charge in [-0.15, -0.1) is 0 Å². The Kier molecular flexibility index (Phi) is 2.44. The number of fused-ring (bicyclic) bond motifs is 1. The van der Waals surface area contributed by atoms with Crippen LogP contribution in [0.5, 0.6) is 0 Å². The fourth-order valence-corrected chi connectivity index (χ4v) is 2.17. The van der Waals surface area contributed by atoms with Crippen LogP contribution in [0.1, 0.15) is 28.8 Å². The topological polar surface area (TPSA) is 62.0 Å². The number of aromatic amines is 1. The summed E-state index contributed by atoms with van der Waals surface area (Å²) in [6, 6.07) is 7.77. The molecule has 1 aliphatic rings. The summed E-state index contributed by atoms with van der Waals surface area (Å²) in [7, 11) is 0. The van der Waals surface area contributed by atoms with Crippen LogP contribution in [0.3, 0.4) is 0 Å². The second-order valence-corrected chi connectivity index (χ2v) is 4.75. The number of aryl methyl sites for hydroxylation is 1. The summed E-state index contributed by atoms with van der Waals surface area (Å²) >= 11 is 0. The summed E-state index contributed by atoms with van der Waals surface area (Å²) in [5.74, 6) is -0.262. The van der Waals surface area contributed by atoms with Crippen molar-refractivity contribution in [2.24, 2.45) is 0 Å². The van der Waals surface area contributed by atoms with Gasteiger partial charge in [-0.3, -0.25) is 9.59 Å². The molecule has 92 valence electrons. The maximum Gasteiger partial charge on any atom is 0.261 e. The van der Waals surface area contributed by atoms with Gasteiger partial charge in [0.05, 0.1) is 0 Å². The lowest BCUT2D eigenvalue weighted by atomic mass is 10.0. The molecule has 4 heteroatoms. The van der Waals surface area contributed by atoms with Crippen LogP contribution in [0, 0.1) is 6.92 Å². The normalized spacial score (nSPS) is 14.7. The first-order valence-corrected chi connectivity index (χ1v) is 6.09. The van der Waals surface area contributed by atoms with Gasteiger partial charge in [0.15, 0.2) is 0 Å². The molecule has 0 spiro atoms. The van der Waals surface area contributed by atoms with E-state index in [1.807, 2.05) is 31.2 Å². The van der Waals surface area contributed by atoms with Gasteiger partial charge in [0.25, 0.3) is 11.5 Å². The third-order valence-electron chi connectivity index (χ3n) is 3.32. The molecule has 0 unspecified atom stereocenters. The van der Waals surface area contributed by atoms with Crippen molar-refractivity contribution < 1.29 is 4.79 Å². The largest absolute Gasteiger partial charge is 0.349 e. The lowest BCUT2D eigenvalue weighted by Gasteiger charge is -2.08. The quantitative estimate of drug-likeness (QED) is 0.842. The number of hydrogen-bond acceptors (Lipinski definition) is 2. The molecule has 1 amide bonds. The van der Waals surface area contributed by atoms with Crippen LogP contribution in [0.25, 0.3) is 10.9 Å². The molecule has 0 aliphatic heterocycles. The summed E-state index contributed by atoms with van der Waals surface area (Å²) in [5, 5.41) is 3.77. The van der Waals surface area contributed by atoms with E-state index in [0.717, 1.165) is 29.3 Å². The van der Waals surface area contributed by atoms with Crippen molar-refractivity contribution in [2.75, 3.05) is 0 Å². The summed E-state index contributed by atoms with van der Waals surface area (Å²) in [6.45, 7) is 1.82. The minimum Gasteiger partial charge on any atom is -0.349 e. The van der Waals surface area contributed by atoms with Crippen molar-refractivity contribution in [3.05, 3.63) is 45.7 Å². The van der Waals surface area contributed by atoms with E-state index in [4.69, 9.17) is 0 Å². The van der Waals surface area contributed by atoms with Gasteiger partial charge in [0.2, 0.25) is 0 Å². The van der Waals surface area contributed by atoms with E-state index >= 15 is 0 Å². The van der Waals surface area contributed by atoms with E-state index in [1.165, 1.54) is 0 Å². The zero-order valence-electron chi connectivity index (χ0n) is 10.1. The number of aromatic nitrogens is 1. The number of hydrogen-bond donors (Lipinski definition) is 2. The molecular weight excluding hydrogens is 228 g/mol. The van der Waals surface area contributed by atoms with Crippen LogP contribution in [0.4, 0.5) is 0 Å². The maximum atomic E-state index is 12.0. The molecule has 0 radical (unpaired) electrons. The molecule has 1 aliphatic carbocycles. The number of carbonyl (C=O) groups excluding carboxylic acids is 1. The van der Waals surface area contributed by atoms with Crippen molar-refractivity contribution in [1.82, 2.24) is 10.3 Å². The highest BCUT2D eigenvalue weighted by Gasteiger charge is 2.26. The van der Waals surface area contributed by atoms with Gasteiger partial charge in [-0.05, 0) is 31.4 Å². The highest BCUT2D eigenvalue weighted by Crippen LogP contribution is 2.21. The fraction of sp³-hybridized carbons (Fsp3) is 0.286. The first kappa shape index (κ1) is 11.0. The minimum absolute atomic E-state index is 0.237. The number of para-hydroxylation sites is 1. The van der Waals surface area contributed by atoms with E-state index in [-0.39, 0.29) is 23.1 Å². The van der Waals surface area contributed by atoms with Gasteiger partial charge < -0.3 is 10.3 Å². The van der Waals surface area contributed by atoms with Crippen LogP contribution in [0.2, 0.25) is 0 Å². The average Bonchev–Trinajstić information content (AvgIpc) is 3.13. The number of benzene rings is 1. The Morgan fingerprint density at radius 3 is 2.78 bits per heavy atom. The van der Waals surface area contributed by atoms with Gasteiger partial charge in [-0.25, -0.2) is 0 Å². The summed E-state index contributed by atoms with van der Waals surface area (Å²) in [6.07, 6.45) is 2.02. The first-order chi connectivity index (χ1) is 8.66. The van der Waals surface area contributed by atoms with Crippen LogP contribution in [-0.4, -0.2) is 16.9 Å². The highest BCUT2D eigenvalue weighted by molar-refractivity contribution is 6.00. The lowest BCUT2D eigenvalue weighted by molar-refractivity contribution is 0.0949. The van der Waals surface area contributed by atoms with Gasteiger partial charge in [0.1, 0.15) is 5.56 Å². The van der Waals surface area contributed by atoms with E-state index in [1.54, 1.807) is 0 Å². The van der Waals surface area contributed by atoms with E-state index in [2.05, 4.69) is 10.3 Å². The van der Waals surface area contributed by atoms with E-state index < -0.39 is 0 Å². The van der Waals surface area contributed by atoms with Crippen LogP contribution in [0.15, 0.2) is 29.1 Å². The molecule has 2 N–H and O–H groups in total. The Labute approximate surface area is 104 Å². The zero-order chi connectivity index (χ0) is 12.7. The Bertz CT molecular complexity index is 684. The highest BCUT2D eigenvalue weighted by atomic mass is 16.2. The minimum atomic E-state index is -0.315. The Morgan fingerprint density at radius 2 is 2.06 bits per heavy atom. The summed E-state index contributed by atoms with van der Waals surface area (Å²) in [5.41, 5.74) is 1.43. The lowest BCUT2D eigenvalue weighted by Crippen LogP contribution is -2.32. The van der Waals surface area contributed by atoms with Crippen LogP contribution >= 0.6 is 0 Å². The molecule has 2 aromatic rings. The number of rotatable bonds is 2. The predicted molar refractivity (Wildman–Crippen MR) is 69.8 cm³/mol. The molecule has 0 atom stereocenters. The van der Waals surface area contributed by atoms with Crippen LogP contribution in [-0.2, 0) is 0 Å². The molecule has 0 bridgehead atoms. The summed E-state index contributed by atoms with van der Waals surface area (Å²) < 4.78 is 0. The molecular formula is C14H14N2O2. The molecule has 0 saturated heterocycles. The van der Waals surface area contributed by atoms with Crippen molar-refractivity contribution in [1.29, 1.82) is 0 Å². The second-order valence-electron chi connectivity index (χ2n) is 4.75. The molecule has 1 saturated carbocycles. The first-order valence-electron chi connectivity index (χ1n) is 6.09. The predicted octanol–water partition coefficient (Wildman–Crippen LogP) is 1.73. The van der Waals surface area contributed by atoms with Crippen molar-refractivity contribution in [2.45, 2.75) is 25.8 Å². The van der Waals surface area contributed by atoms with Gasteiger partial charge in [-0.1, -0.05) is 18.2 Å². The third-order valence-corrected chi connectivity index (χ3v) is 3.32. The molecule has 18 heavy (non-hydrogen) atoms. The number of nitrogens with one attached hydrogen (secondary N) is 2. The Balaban J connectivity index is 2.15. The Morgan fingerprint density at radius 1 is 1.33 bits per heavy atom. The Hall–Kier alpha value is -2.10. The van der Waals surface area contributed by atoms with Crippen molar-refractivity contribution in [3.8, 4) is 0 Å². The third kappa shape index (κ3) is 1.79. The van der Waals surface area contributed by atoms with Gasteiger partial charge >= 0.3 is 0 Å². The van der Waals surface area contributed by atoms with Crippen molar-refractivity contribution >= 4 is 16.8 Å².